The van der Waals surface area contributed by atoms with Crippen LogP contribution >= 0.6 is 0 Å². The number of carbonyl (C=O) groups excluding carboxylic acids is 2. The third kappa shape index (κ3) is 3.65. The Kier molecular flexibility index (Phi) is 5.36. The van der Waals surface area contributed by atoms with Crippen LogP contribution in [0.1, 0.15) is 28.3 Å². The lowest BCUT2D eigenvalue weighted by molar-refractivity contribution is -0.126. The predicted octanol–water partition coefficient (Wildman–Crippen LogP) is 1.74. The van der Waals surface area contributed by atoms with Gasteiger partial charge in [0.2, 0.25) is 0 Å². The molecule has 156 valence electrons. The van der Waals surface area contributed by atoms with Gasteiger partial charge < -0.3 is 15.0 Å². The van der Waals surface area contributed by atoms with Gasteiger partial charge in [-0.25, -0.2) is 4.79 Å². The number of likely N-dealkylation sites (N-methyl/N-ethyl adjacent to an activating group) is 1. The molecule has 0 bridgehead atoms. The Labute approximate surface area is 172 Å². The highest BCUT2D eigenvalue weighted by Gasteiger charge is 2.43. The van der Waals surface area contributed by atoms with Crippen LogP contribution in [0, 0.1) is 20.8 Å². The topological polar surface area (TPSA) is 65.1 Å². The maximum atomic E-state index is 13.4. The van der Waals surface area contributed by atoms with Gasteiger partial charge in [-0.3, -0.25) is 14.6 Å². The van der Waals surface area contributed by atoms with Crippen molar-refractivity contribution in [2.75, 3.05) is 53.0 Å². The standard InChI is InChI=1S/C22H30N4O3/c1-14-11-16(3)17(12-15(14)2)20-19-18(24(4)22(28)23-20)13-26(21(19)27)6-5-25-7-9-29-10-8-25/h11-12,20H,5-10,13H2,1-4H3,(H,23,28). The fourth-order valence-corrected chi connectivity index (χ4v) is 4.42. The molecule has 29 heavy (non-hydrogen) atoms. The van der Waals surface area contributed by atoms with E-state index in [-0.39, 0.29) is 11.9 Å². The molecule has 3 aliphatic rings. The minimum Gasteiger partial charge on any atom is -0.379 e. The van der Waals surface area contributed by atoms with Gasteiger partial charge in [-0.15, -0.1) is 0 Å². The number of nitrogens with zero attached hydrogens (tertiary/aromatic N) is 3. The van der Waals surface area contributed by atoms with Gasteiger partial charge in [0.05, 0.1) is 37.1 Å². The van der Waals surface area contributed by atoms with E-state index in [1.807, 2.05) is 11.8 Å². The van der Waals surface area contributed by atoms with Crippen LogP contribution in [-0.2, 0) is 9.53 Å². The van der Waals surface area contributed by atoms with Crippen molar-refractivity contribution < 1.29 is 14.3 Å². The number of aryl methyl sites for hydroxylation is 3. The average molecular weight is 399 g/mol. The van der Waals surface area contributed by atoms with Gasteiger partial charge >= 0.3 is 6.03 Å². The molecule has 7 nitrogen and oxygen atoms in total. The number of rotatable bonds is 4. The summed E-state index contributed by atoms with van der Waals surface area (Å²) in [7, 11) is 1.74. The third-order valence-corrected chi connectivity index (χ3v) is 6.42. The first kappa shape index (κ1) is 19.9. The van der Waals surface area contributed by atoms with Crippen molar-refractivity contribution in [1.82, 2.24) is 20.0 Å². The lowest BCUT2D eigenvalue weighted by atomic mass is 9.90. The Morgan fingerprint density at radius 2 is 1.72 bits per heavy atom. The molecule has 1 aromatic carbocycles. The predicted molar refractivity (Wildman–Crippen MR) is 111 cm³/mol. The van der Waals surface area contributed by atoms with Crippen LogP contribution < -0.4 is 5.32 Å². The number of hydrogen-bond acceptors (Lipinski definition) is 4. The van der Waals surface area contributed by atoms with Crippen molar-refractivity contribution in [3.05, 3.63) is 45.7 Å². The van der Waals surface area contributed by atoms with Crippen molar-refractivity contribution in [3.63, 3.8) is 0 Å². The van der Waals surface area contributed by atoms with Gasteiger partial charge in [-0.2, -0.15) is 0 Å². The monoisotopic (exact) mass is 398 g/mol. The summed E-state index contributed by atoms with van der Waals surface area (Å²) < 4.78 is 5.41. The normalized spacial score (nSPS) is 23.0. The van der Waals surface area contributed by atoms with E-state index in [1.165, 1.54) is 5.56 Å². The number of ether oxygens (including phenoxy) is 1. The maximum Gasteiger partial charge on any atom is 0.322 e. The number of morpholine rings is 1. The molecule has 1 atom stereocenters. The second kappa shape index (κ2) is 7.80. The van der Waals surface area contributed by atoms with Crippen molar-refractivity contribution in [3.8, 4) is 0 Å². The van der Waals surface area contributed by atoms with Crippen molar-refractivity contribution in [2.45, 2.75) is 26.8 Å². The van der Waals surface area contributed by atoms with Gasteiger partial charge in [-0.1, -0.05) is 12.1 Å². The Balaban J connectivity index is 1.59. The van der Waals surface area contributed by atoms with Crippen molar-refractivity contribution >= 4 is 11.9 Å². The second-order valence-corrected chi connectivity index (χ2v) is 8.28. The molecule has 0 aliphatic carbocycles. The zero-order chi connectivity index (χ0) is 20.7. The van der Waals surface area contributed by atoms with E-state index in [0.29, 0.717) is 18.7 Å². The molecule has 7 heteroatoms. The molecule has 1 saturated heterocycles. The molecule has 1 N–H and O–H groups in total. The van der Waals surface area contributed by atoms with E-state index < -0.39 is 6.04 Å². The summed E-state index contributed by atoms with van der Waals surface area (Å²) in [6.45, 7) is 11.5. The fourth-order valence-electron chi connectivity index (χ4n) is 4.42. The molecule has 0 saturated carbocycles. The number of nitrogens with one attached hydrogen (secondary N) is 1. The van der Waals surface area contributed by atoms with Gasteiger partial charge in [0.15, 0.2) is 0 Å². The number of hydrogen-bond donors (Lipinski definition) is 1. The first-order chi connectivity index (χ1) is 13.9. The van der Waals surface area contributed by atoms with E-state index in [2.05, 4.69) is 36.2 Å². The van der Waals surface area contributed by atoms with Gasteiger partial charge in [0.1, 0.15) is 0 Å². The summed E-state index contributed by atoms with van der Waals surface area (Å²) >= 11 is 0. The van der Waals surface area contributed by atoms with Crippen LogP contribution in [0.5, 0.6) is 0 Å². The molecule has 1 fully saturated rings. The molecular weight excluding hydrogens is 368 g/mol. The van der Waals surface area contributed by atoms with Crippen LogP contribution in [0.3, 0.4) is 0 Å². The first-order valence-corrected chi connectivity index (χ1v) is 10.3. The Morgan fingerprint density at radius 1 is 1.03 bits per heavy atom. The number of benzene rings is 1. The fraction of sp³-hybridized carbons (Fsp3) is 0.545. The van der Waals surface area contributed by atoms with E-state index >= 15 is 0 Å². The molecule has 3 amide bonds. The lowest BCUT2D eigenvalue weighted by Gasteiger charge is -2.32. The van der Waals surface area contributed by atoms with Gasteiger partial charge in [0, 0.05) is 33.2 Å². The van der Waals surface area contributed by atoms with Gasteiger partial charge in [-0.05, 0) is 43.0 Å². The lowest BCUT2D eigenvalue weighted by Crippen LogP contribution is -2.45. The number of carbonyl (C=O) groups is 2. The van der Waals surface area contributed by atoms with Crippen molar-refractivity contribution in [2.24, 2.45) is 0 Å². The molecule has 0 spiro atoms. The summed E-state index contributed by atoms with van der Waals surface area (Å²) in [6, 6.07) is 3.68. The quantitative estimate of drug-likeness (QED) is 0.839. The van der Waals surface area contributed by atoms with Crippen LogP contribution in [0.25, 0.3) is 0 Å². The molecule has 3 aliphatic heterocycles. The molecule has 0 aromatic heterocycles. The summed E-state index contributed by atoms with van der Waals surface area (Å²) in [5.41, 5.74) is 6.00. The number of amides is 3. The zero-order valence-electron chi connectivity index (χ0n) is 17.7. The average Bonchev–Trinajstić information content (AvgIpc) is 3.04. The van der Waals surface area contributed by atoms with Crippen molar-refractivity contribution in [1.29, 1.82) is 0 Å². The third-order valence-electron chi connectivity index (χ3n) is 6.42. The highest BCUT2D eigenvalue weighted by atomic mass is 16.5. The number of urea groups is 1. The van der Waals surface area contributed by atoms with E-state index in [1.54, 1.807) is 11.9 Å². The Bertz CT molecular complexity index is 873. The molecule has 1 aromatic rings. The minimum absolute atomic E-state index is 0.0303. The van der Waals surface area contributed by atoms with Gasteiger partial charge in [0.25, 0.3) is 5.91 Å². The van der Waals surface area contributed by atoms with E-state index in [9.17, 15) is 9.59 Å². The summed E-state index contributed by atoms with van der Waals surface area (Å²) in [5, 5.41) is 3.05. The molecule has 3 heterocycles. The first-order valence-electron chi connectivity index (χ1n) is 10.3. The second-order valence-electron chi connectivity index (χ2n) is 8.28. The smallest absolute Gasteiger partial charge is 0.322 e. The molecule has 4 rings (SSSR count). The maximum absolute atomic E-state index is 13.4. The van der Waals surface area contributed by atoms with Crippen LogP contribution in [0.4, 0.5) is 4.79 Å². The SMILES string of the molecule is Cc1cc(C)c(C2NC(=O)N(C)C3=C2C(=O)N(CCN2CCOCC2)C3)cc1C. The summed E-state index contributed by atoms with van der Waals surface area (Å²) in [4.78, 5) is 31.8. The molecule has 0 radical (unpaired) electrons. The molecular formula is C22H30N4O3. The molecule has 1 unspecified atom stereocenters. The Hall–Kier alpha value is -2.38. The summed E-state index contributed by atoms with van der Waals surface area (Å²) in [6.07, 6.45) is 0. The van der Waals surface area contributed by atoms with Crippen LogP contribution in [-0.4, -0.2) is 79.6 Å². The van der Waals surface area contributed by atoms with E-state index in [0.717, 1.165) is 55.2 Å². The zero-order valence-corrected chi connectivity index (χ0v) is 17.7. The minimum atomic E-state index is -0.395. The summed E-state index contributed by atoms with van der Waals surface area (Å²) in [5.74, 6) is 0.0303. The van der Waals surface area contributed by atoms with Crippen LogP contribution in [0.2, 0.25) is 0 Å². The highest BCUT2D eigenvalue weighted by Crippen LogP contribution is 2.37. The van der Waals surface area contributed by atoms with Crippen LogP contribution in [0.15, 0.2) is 23.4 Å². The largest absolute Gasteiger partial charge is 0.379 e. The Morgan fingerprint density at radius 3 is 2.45 bits per heavy atom. The highest BCUT2D eigenvalue weighted by molar-refractivity contribution is 6.01. The van der Waals surface area contributed by atoms with E-state index in [4.69, 9.17) is 4.74 Å².